The molecule has 0 N–H and O–H groups in total. The molecule has 314 valence electrons. The van der Waals surface area contributed by atoms with Crippen LogP contribution in [0, 0.1) is 0 Å². The summed E-state index contributed by atoms with van der Waals surface area (Å²) in [6, 6.07) is 90.5. The van der Waals surface area contributed by atoms with Crippen LogP contribution in [0.5, 0.6) is 0 Å². The maximum atomic E-state index is 2.40. The second-order valence-electron chi connectivity index (χ2n) is 17.8. The highest BCUT2D eigenvalue weighted by Crippen LogP contribution is 2.51. The number of fused-ring (bicyclic) bond motifs is 6. The van der Waals surface area contributed by atoms with E-state index in [-0.39, 0.29) is 5.41 Å². The first-order valence-electron chi connectivity index (χ1n) is 22.8. The Morgan fingerprint density at radius 1 is 0.303 bits per heavy atom. The number of aromatic nitrogens is 1. The number of rotatable bonds is 9. The fraction of sp³-hybridized carbons (Fsp3) is 0.0476. The summed E-state index contributed by atoms with van der Waals surface area (Å²) in [5.41, 5.74) is 20.1. The van der Waals surface area contributed by atoms with E-state index in [1.807, 2.05) is 0 Å². The van der Waals surface area contributed by atoms with Crippen LogP contribution in [0.3, 0.4) is 0 Å². The molecule has 1 aliphatic rings. The van der Waals surface area contributed by atoms with Gasteiger partial charge in [-0.2, -0.15) is 0 Å². The van der Waals surface area contributed by atoms with Gasteiger partial charge in [-0.05, 0) is 142 Å². The molecule has 0 radical (unpaired) electrons. The Balaban J connectivity index is 0.996. The molecular weight excluding hydrogens is 799 g/mol. The molecule has 0 unspecified atom stereocenters. The van der Waals surface area contributed by atoms with Crippen molar-refractivity contribution in [2.45, 2.75) is 19.3 Å². The molecule has 11 aromatic rings. The van der Waals surface area contributed by atoms with Crippen LogP contribution in [-0.2, 0) is 5.41 Å². The van der Waals surface area contributed by atoms with E-state index in [1.165, 1.54) is 66.3 Å². The Labute approximate surface area is 386 Å². The van der Waals surface area contributed by atoms with Crippen molar-refractivity contribution in [2.24, 2.45) is 0 Å². The van der Waals surface area contributed by atoms with Gasteiger partial charge < -0.3 is 14.4 Å². The summed E-state index contributed by atoms with van der Waals surface area (Å²) in [7, 11) is 0. The summed E-state index contributed by atoms with van der Waals surface area (Å²) in [6.45, 7) is 4.69. The number of hydrogen-bond donors (Lipinski definition) is 0. The Morgan fingerprint density at radius 3 is 1.30 bits per heavy atom. The number of hydrogen-bond acceptors (Lipinski definition) is 2. The summed E-state index contributed by atoms with van der Waals surface area (Å²) >= 11 is 0. The molecule has 0 fully saturated rings. The predicted octanol–water partition coefficient (Wildman–Crippen LogP) is 17.4. The Morgan fingerprint density at radius 2 is 0.712 bits per heavy atom. The molecule has 3 heteroatoms. The van der Waals surface area contributed by atoms with Crippen LogP contribution in [0.15, 0.2) is 249 Å². The van der Waals surface area contributed by atoms with E-state index in [0.717, 1.165) is 39.8 Å². The molecule has 3 nitrogen and oxygen atoms in total. The van der Waals surface area contributed by atoms with Crippen LogP contribution < -0.4 is 9.80 Å². The van der Waals surface area contributed by atoms with Crippen LogP contribution in [0.2, 0.25) is 0 Å². The molecule has 0 saturated heterocycles. The van der Waals surface area contributed by atoms with Crippen molar-refractivity contribution in [1.82, 2.24) is 4.57 Å². The van der Waals surface area contributed by atoms with Gasteiger partial charge in [0.15, 0.2) is 0 Å². The third-order valence-electron chi connectivity index (χ3n) is 13.6. The lowest BCUT2D eigenvalue weighted by Crippen LogP contribution is -2.15. The van der Waals surface area contributed by atoms with Gasteiger partial charge in [0.25, 0.3) is 0 Å². The summed E-state index contributed by atoms with van der Waals surface area (Å²) in [6.07, 6.45) is 0. The molecule has 0 bridgehead atoms. The molecule has 0 amide bonds. The van der Waals surface area contributed by atoms with Gasteiger partial charge in [-0.3, -0.25) is 0 Å². The van der Waals surface area contributed by atoms with Gasteiger partial charge >= 0.3 is 0 Å². The first-order chi connectivity index (χ1) is 32.5. The minimum absolute atomic E-state index is 0.0729. The third-order valence-corrected chi connectivity index (χ3v) is 13.6. The molecule has 1 aliphatic carbocycles. The maximum Gasteiger partial charge on any atom is 0.0542 e. The largest absolute Gasteiger partial charge is 0.310 e. The standard InChI is InChI=1S/C63H47N3/c1-63(2)59-24-14-12-22-55(59)57-42-53(38-40-60(57)63)64(49-30-26-46(27-31-49)44-16-6-3-7-17-44)51-34-36-52(37-35-51)65(50-32-28-47(29-33-50)45-18-8-4-9-19-45)54-39-41-62-58(43-54)56-23-13-15-25-61(56)66(62)48-20-10-5-11-21-48/h3-43H,1-2H3. The summed E-state index contributed by atoms with van der Waals surface area (Å²) < 4.78 is 2.38. The molecule has 0 saturated carbocycles. The van der Waals surface area contributed by atoms with E-state index in [9.17, 15) is 0 Å². The SMILES string of the molecule is CC1(C)c2ccccc2-c2cc(N(c3ccc(-c4ccccc4)cc3)c3ccc(N(c4ccc(-c5ccccc5)cc4)c4ccc5c(c4)c4ccccc4n5-c4ccccc4)cc3)ccc21. The molecule has 0 atom stereocenters. The predicted molar refractivity (Wildman–Crippen MR) is 279 cm³/mol. The van der Waals surface area contributed by atoms with E-state index in [1.54, 1.807) is 0 Å². The van der Waals surface area contributed by atoms with Crippen LogP contribution in [0.4, 0.5) is 34.1 Å². The fourth-order valence-corrected chi connectivity index (χ4v) is 10.3. The van der Waals surface area contributed by atoms with Crippen LogP contribution >= 0.6 is 0 Å². The number of para-hydroxylation sites is 2. The molecule has 10 aromatic carbocycles. The normalized spacial score (nSPS) is 12.5. The van der Waals surface area contributed by atoms with Crippen molar-refractivity contribution in [1.29, 1.82) is 0 Å². The zero-order chi connectivity index (χ0) is 44.2. The van der Waals surface area contributed by atoms with Crippen molar-refractivity contribution in [2.75, 3.05) is 9.80 Å². The van der Waals surface area contributed by atoms with Gasteiger partial charge in [0.2, 0.25) is 0 Å². The average Bonchev–Trinajstić information content (AvgIpc) is 3.83. The highest BCUT2D eigenvalue weighted by Gasteiger charge is 2.35. The summed E-state index contributed by atoms with van der Waals surface area (Å²) in [5, 5.41) is 2.43. The Kier molecular flexibility index (Phi) is 9.50. The van der Waals surface area contributed by atoms with E-state index < -0.39 is 0 Å². The van der Waals surface area contributed by atoms with Crippen LogP contribution in [0.1, 0.15) is 25.0 Å². The quantitative estimate of drug-likeness (QED) is 0.143. The zero-order valence-corrected chi connectivity index (χ0v) is 37.0. The van der Waals surface area contributed by atoms with Gasteiger partial charge in [0.05, 0.1) is 11.0 Å². The van der Waals surface area contributed by atoms with Gasteiger partial charge in [0, 0.05) is 56.0 Å². The first-order valence-corrected chi connectivity index (χ1v) is 22.8. The summed E-state index contributed by atoms with van der Waals surface area (Å²) in [5.74, 6) is 0. The van der Waals surface area contributed by atoms with Crippen LogP contribution in [-0.4, -0.2) is 4.57 Å². The van der Waals surface area contributed by atoms with Crippen molar-refractivity contribution in [3.8, 4) is 39.1 Å². The number of anilines is 6. The monoisotopic (exact) mass is 845 g/mol. The lowest BCUT2D eigenvalue weighted by molar-refractivity contribution is 0.660. The molecule has 1 aromatic heterocycles. The van der Waals surface area contributed by atoms with Crippen molar-refractivity contribution >= 4 is 55.9 Å². The lowest BCUT2D eigenvalue weighted by atomic mass is 9.82. The van der Waals surface area contributed by atoms with E-state index in [2.05, 4.69) is 277 Å². The third kappa shape index (κ3) is 6.67. The lowest BCUT2D eigenvalue weighted by Gasteiger charge is -2.29. The van der Waals surface area contributed by atoms with Crippen molar-refractivity contribution in [3.05, 3.63) is 260 Å². The van der Waals surface area contributed by atoms with Crippen molar-refractivity contribution in [3.63, 3.8) is 0 Å². The molecule has 0 spiro atoms. The average molecular weight is 846 g/mol. The van der Waals surface area contributed by atoms with Gasteiger partial charge in [0.1, 0.15) is 0 Å². The van der Waals surface area contributed by atoms with Crippen LogP contribution in [0.25, 0.3) is 60.9 Å². The van der Waals surface area contributed by atoms with E-state index >= 15 is 0 Å². The second kappa shape index (κ2) is 16.0. The molecule has 1 heterocycles. The minimum atomic E-state index is -0.0729. The van der Waals surface area contributed by atoms with Gasteiger partial charge in [-0.15, -0.1) is 0 Å². The maximum absolute atomic E-state index is 2.40. The first kappa shape index (κ1) is 39.2. The molecular formula is C63H47N3. The number of benzene rings is 10. The fourth-order valence-electron chi connectivity index (χ4n) is 10.3. The topological polar surface area (TPSA) is 11.4 Å². The number of nitrogens with zero attached hydrogens (tertiary/aromatic N) is 3. The minimum Gasteiger partial charge on any atom is -0.310 e. The summed E-state index contributed by atoms with van der Waals surface area (Å²) in [4.78, 5) is 4.79. The second-order valence-corrected chi connectivity index (χ2v) is 17.8. The van der Waals surface area contributed by atoms with Gasteiger partial charge in [-0.25, -0.2) is 0 Å². The molecule has 66 heavy (non-hydrogen) atoms. The highest BCUT2D eigenvalue weighted by atomic mass is 15.2. The molecule has 0 aliphatic heterocycles. The highest BCUT2D eigenvalue weighted by molar-refractivity contribution is 6.10. The molecule has 12 rings (SSSR count). The zero-order valence-electron chi connectivity index (χ0n) is 37.0. The Bertz CT molecular complexity index is 3520. The van der Waals surface area contributed by atoms with Crippen molar-refractivity contribution < 1.29 is 0 Å². The van der Waals surface area contributed by atoms with E-state index in [4.69, 9.17) is 0 Å². The van der Waals surface area contributed by atoms with Gasteiger partial charge in [-0.1, -0.05) is 166 Å². The Hall–Kier alpha value is -8.40. The van der Waals surface area contributed by atoms with E-state index in [0.29, 0.717) is 0 Å². The smallest absolute Gasteiger partial charge is 0.0542 e.